The summed E-state index contributed by atoms with van der Waals surface area (Å²) < 4.78 is 14.9. The normalized spacial score (nSPS) is 11.8. The minimum atomic E-state index is -0.759. The molecule has 0 aliphatic heterocycles. The quantitative estimate of drug-likeness (QED) is 0.492. The maximum Gasteiger partial charge on any atom is 0.308 e. The molecular formula is C13H22O6. The van der Waals surface area contributed by atoms with Crippen LogP contribution in [0.1, 0.15) is 40.5 Å². The summed E-state index contributed by atoms with van der Waals surface area (Å²) in [7, 11) is 0. The van der Waals surface area contributed by atoms with Crippen LogP contribution in [-0.2, 0) is 28.6 Å². The predicted molar refractivity (Wildman–Crippen MR) is 67.2 cm³/mol. The van der Waals surface area contributed by atoms with E-state index >= 15 is 0 Å². The highest BCUT2D eigenvalue weighted by Gasteiger charge is 2.19. The molecule has 0 aromatic carbocycles. The number of ether oxygens (including phenoxy) is 3. The van der Waals surface area contributed by atoms with Gasteiger partial charge in [-0.1, -0.05) is 27.7 Å². The molecule has 0 saturated heterocycles. The van der Waals surface area contributed by atoms with Crippen LogP contribution in [0.25, 0.3) is 0 Å². The summed E-state index contributed by atoms with van der Waals surface area (Å²) in [6.07, 6.45) is -0.318. The molecule has 0 N–H and O–H groups in total. The smallest absolute Gasteiger partial charge is 0.308 e. The zero-order valence-electron chi connectivity index (χ0n) is 11.9. The van der Waals surface area contributed by atoms with Gasteiger partial charge in [-0.2, -0.15) is 0 Å². The molecule has 0 spiro atoms. The van der Waals surface area contributed by atoms with Gasteiger partial charge in [0.2, 0.25) is 0 Å². The molecule has 0 aromatic rings. The monoisotopic (exact) mass is 274 g/mol. The lowest BCUT2D eigenvalue weighted by atomic mass is 10.2. The van der Waals surface area contributed by atoms with E-state index in [-0.39, 0.29) is 37.9 Å². The Bertz CT molecular complexity index is 310. The van der Waals surface area contributed by atoms with E-state index in [2.05, 4.69) is 0 Å². The van der Waals surface area contributed by atoms with Crippen LogP contribution >= 0.6 is 0 Å². The van der Waals surface area contributed by atoms with Crippen molar-refractivity contribution in [2.75, 3.05) is 13.2 Å². The Morgan fingerprint density at radius 2 is 1.42 bits per heavy atom. The van der Waals surface area contributed by atoms with Crippen molar-refractivity contribution in [3.05, 3.63) is 0 Å². The van der Waals surface area contributed by atoms with E-state index < -0.39 is 18.0 Å². The fourth-order valence-corrected chi connectivity index (χ4v) is 1.02. The summed E-state index contributed by atoms with van der Waals surface area (Å²) in [5.41, 5.74) is 0. The number of hydrogen-bond acceptors (Lipinski definition) is 6. The van der Waals surface area contributed by atoms with Gasteiger partial charge < -0.3 is 14.2 Å². The van der Waals surface area contributed by atoms with Crippen molar-refractivity contribution >= 4 is 17.9 Å². The van der Waals surface area contributed by atoms with E-state index in [1.54, 1.807) is 27.7 Å². The van der Waals surface area contributed by atoms with Crippen LogP contribution in [0.2, 0.25) is 0 Å². The molecule has 19 heavy (non-hydrogen) atoms. The first-order chi connectivity index (χ1) is 8.90. The van der Waals surface area contributed by atoms with Crippen molar-refractivity contribution in [3.63, 3.8) is 0 Å². The van der Waals surface area contributed by atoms with Gasteiger partial charge in [0.1, 0.15) is 13.2 Å². The molecular weight excluding hydrogens is 252 g/mol. The standard InChI is InChI=1S/C13H22O6/c1-5-11(14)17-7-10(19-12(15)6-2)8-18-13(16)9(3)4/h9-10H,5-8H2,1-4H3. The van der Waals surface area contributed by atoms with Crippen LogP contribution in [-0.4, -0.2) is 37.2 Å². The second-order valence-electron chi connectivity index (χ2n) is 4.29. The van der Waals surface area contributed by atoms with Gasteiger partial charge in [0.05, 0.1) is 5.92 Å². The number of rotatable bonds is 8. The molecule has 6 heteroatoms. The molecule has 110 valence electrons. The van der Waals surface area contributed by atoms with E-state index in [0.717, 1.165) is 0 Å². The molecule has 0 amide bonds. The highest BCUT2D eigenvalue weighted by Crippen LogP contribution is 2.03. The van der Waals surface area contributed by atoms with Gasteiger partial charge in [0.15, 0.2) is 6.10 Å². The topological polar surface area (TPSA) is 78.9 Å². The second-order valence-corrected chi connectivity index (χ2v) is 4.29. The minimum Gasteiger partial charge on any atom is -0.462 e. The van der Waals surface area contributed by atoms with Gasteiger partial charge in [-0.15, -0.1) is 0 Å². The second kappa shape index (κ2) is 9.35. The maximum absolute atomic E-state index is 11.3. The molecule has 0 heterocycles. The lowest BCUT2D eigenvalue weighted by Crippen LogP contribution is -2.31. The molecule has 0 radical (unpaired) electrons. The number of carbonyl (C=O) groups excluding carboxylic acids is 3. The summed E-state index contributed by atoms with van der Waals surface area (Å²) in [4.78, 5) is 33.6. The number of carbonyl (C=O) groups is 3. The SMILES string of the molecule is CCC(=O)OCC(COC(=O)C(C)C)OC(=O)CC. The number of esters is 3. The Morgan fingerprint density at radius 3 is 1.89 bits per heavy atom. The third-order valence-corrected chi connectivity index (χ3v) is 2.19. The van der Waals surface area contributed by atoms with Gasteiger partial charge in [-0.3, -0.25) is 14.4 Å². The lowest BCUT2D eigenvalue weighted by Gasteiger charge is -2.18. The summed E-state index contributed by atoms with van der Waals surface area (Å²) in [6, 6.07) is 0. The number of hydrogen-bond donors (Lipinski definition) is 0. The zero-order valence-corrected chi connectivity index (χ0v) is 11.9. The van der Waals surface area contributed by atoms with Crippen molar-refractivity contribution in [1.29, 1.82) is 0 Å². The Kier molecular flexibility index (Phi) is 8.57. The largest absolute Gasteiger partial charge is 0.462 e. The lowest BCUT2D eigenvalue weighted by molar-refractivity contribution is -0.167. The fraction of sp³-hybridized carbons (Fsp3) is 0.769. The average molecular weight is 274 g/mol. The third kappa shape index (κ3) is 8.18. The molecule has 6 nitrogen and oxygen atoms in total. The Balaban J connectivity index is 4.28. The van der Waals surface area contributed by atoms with Gasteiger partial charge in [0, 0.05) is 12.8 Å². The fourth-order valence-electron chi connectivity index (χ4n) is 1.02. The molecule has 0 bridgehead atoms. The van der Waals surface area contributed by atoms with Crippen LogP contribution in [0.15, 0.2) is 0 Å². The summed E-state index contributed by atoms with van der Waals surface area (Å²) in [5, 5.41) is 0. The van der Waals surface area contributed by atoms with E-state index in [4.69, 9.17) is 14.2 Å². The Hall–Kier alpha value is -1.59. The molecule has 0 aliphatic carbocycles. The Labute approximate surface area is 113 Å². The van der Waals surface area contributed by atoms with E-state index in [0.29, 0.717) is 0 Å². The zero-order chi connectivity index (χ0) is 14.8. The Morgan fingerprint density at radius 1 is 0.895 bits per heavy atom. The minimum absolute atomic E-state index is 0.107. The van der Waals surface area contributed by atoms with Crippen molar-refractivity contribution in [2.24, 2.45) is 5.92 Å². The third-order valence-electron chi connectivity index (χ3n) is 2.19. The van der Waals surface area contributed by atoms with Gasteiger partial charge in [0.25, 0.3) is 0 Å². The van der Waals surface area contributed by atoms with Gasteiger partial charge in [-0.05, 0) is 0 Å². The molecule has 0 aliphatic rings. The van der Waals surface area contributed by atoms with Crippen molar-refractivity contribution in [3.8, 4) is 0 Å². The van der Waals surface area contributed by atoms with Crippen LogP contribution < -0.4 is 0 Å². The van der Waals surface area contributed by atoms with Crippen LogP contribution in [0.3, 0.4) is 0 Å². The van der Waals surface area contributed by atoms with E-state index in [1.807, 2.05) is 0 Å². The first-order valence-corrected chi connectivity index (χ1v) is 6.42. The molecule has 1 atom stereocenters. The maximum atomic E-state index is 11.3. The summed E-state index contributed by atoms with van der Waals surface area (Å²) >= 11 is 0. The molecule has 0 saturated carbocycles. The van der Waals surface area contributed by atoms with E-state index in [9.17, 15) is 14.4 Å². The average Bonchev–Trinajstić information content (AvgIpc) is 2.40. The molecule has 1 unspecified atom stereocenters. The molecule has 0 fully saturated rings. The van der Waals surface area contributed by atoms with Gasteiger partial charge in [-0.25, -0.2) is 0 Å². The van der Waals surface area contributed by atoms with Crippen LogP contribution in [0.4, 0.5) is 0 Å². The van der Waals surface area contributed by atoms with Crippen molar-refractivity contribution < 1.29 is 28.6 Å². The predicted octanol–water partition coefficient (Wildman–Crippen LogP) is 1.46. The van der Waals surface area contributed by atoms with Crippen LogP contribution in [0, 0.1) is 5.92 Å². The first kappa shape index (κ1) is 17.4. The highest BCUT2D eigenvalue weighted by atomic mass is 16.6. The molecule has 0 aromatic heterocycles. The van der Waals surface area contributed by atoms with E-state index in [1.165, 1.54) is 0 Å². The highest BCUT2D eigenvalue weighted by molar-refractivity contribution is 5.72. The molecule has 0 rings (SSSR count). The van der Waals surface area contributed by atoms with Crippen molar-refractivity contribution in [1.82, 2.24) is 0 Å². The summed E-state index contributed by atoms with van der Waals surface area (Å²) in [5.74, 6) is -1.48. The van der Waals surface area contributed by atoms with Crippen LogP contribution in [0.5, 0.6) is 0 Å². The van der Waals surface area contributed by atoms with Gasteiger partial charge >= 0.3 is 17.9 Å². The summed E-state index contributed by atoms with van der Waals surface area (Å²) in [6.45, 7) is 6.49. The first-order valence-electron chi connectivity index (χ1n) is 6.42. The van der Waals surface area contributed by atoms with Crippen molar-refractivity contribution in [2.45, 2.75) is 46.6 Å².